The van der Waals surface area contributed by atoms with Crippen LogP contribution in [0.25, 0.3) is 0 Å². The number of hydrogen-bond donors (Lipinski definition) is 1. The molecule has 18 heteroatoms. The van der Waals surface area contributed by atoms with Gasteiger partial charge in [0.1, 0.15) is 36.2 Å². The van der Waals surface area contributed by atoms with Crippen LogP contribution in [-0.2, 0) is 39.9 Å². The van der Waals surface area contributed by atoms with E-state index in [4.69, 9.17) is 52.0 Å². The Hall–Kier alpha value is -5.68. The molecule has 0 amide bonds. The minimum absolute atomic E-state index is 0.150. The summed E-state index contributed by atoms with van der Waals surface area (Å²) in [6.07, 6.45) is -8.77. The molecule has 0 radical (unpaired) electrons. The van der Waals surface area contributed by atoms with Gasteiger partial charge in [0.2, 0.25) is 0 Å². The fourth-order valence-electron chi connectivity index (χ4n) is 6.02. The number of carboxylic acid groups (broad SMARTS) is 1. The van der Waals surface area contributed by atoms with Crippen molar-refractivity contribution in [2.75, 3.05) is 19.8 Å². The highest BCUT2D eigenvalue weighted by atomic mass is 35.5. The van der Waals surface area contributed by atoms with Crippen molar-refractivity contribution in [3.63, 3.8) is 0 Å². The SMILES string of the molecule is CCOC(=O)COc1cc(C)c(Sc2ccc(COc3ccc(C(F)(F)F)cc3)cc2Cl)cc1C.Cc1cc(Sc2ccc(COc3ccc(C(F)(F)F)cc3)cc2Cl)c(C)cc1OCC(=O)O. The molecule has 6 aromatic carbocycles. The summed E-state index contributed by atoms with van der Waals surface area (Å²) < 4.78 is 103. The van der Waals surface area contributed by atoms with E-state index in [9.17, 15) is 35.9 Å². The molecule has 0 aromatic heterocycles. The van der Waals surface area contributed by atoms with E-state index >= 15 is 0 Å². The predicted octanol–water partition coefficient (Wildman–Crippen LogP) is 14.8. The minimum Gasteiger partial charge on any atom is -0.489 e. The molecule has 8 nitrogen and oxygen atoms in total. The molecule has 360 valence electrons. The first-order chi connectivity index (χ1) is 32.1. The van der Waals surface area contributed by atoms with Gasteiger partial charge in [-0.2, -0.15) is 26.3 Å². The van der Waals surface area contributed by atoms with Gasteiger partial charge >= 0.3 is 24.3 Å². The van der Waals surface area contributed by atoms with Gasteiger partial charge in [-0.25, -0.2) is 9.59 Å². The zero-order valence-electron chi connectivity index (χ0n) is 37.1. The lowest BCUT2D eigenvalue weighted by Crippen LogP contribution is -2.15. The number of ether oxygens (including phenoxy) is 5. The maximum atomic E-state index is 12.7. The van der Waals surface area contributed by atoms with Crippen LogP contribution in [0.1, 0.15) is 51.4 Å². The molecule has 6 aromatic rings. The van der Waals surface area contributed by atoms with Gasteiger partial charge in [-0.15, -0.1) is 0 Å². The van der Waals surface area contributed by atoms with E-state index in [-0.39, 0.29) is 19.8 Å². The average molecular weight is 1020 g/mol. The second-order valence-corrected chi connectivity index (χ2v) is 17.9. The summed E-state index contributed by atoms with van der Waals surface area (Å²) >= 11 is 15.9. The van der Waals surface area contributed by atoms with Crippen molar-refractivity contribution in [2.45, 2.75) is 79.8 Å². The van der Waals surface area contributed by atoms with E-state index < -0.39 is 42.0 Å². The predicted molar refractivity (Wildman–Crippen MR) is 250 cm³/mol. The van der Waals surface area contributed by atoms with Crippen LogP contribution >= 0.6 is 46.7 Å². The molecule has 0 saturated heterocycles. The molecular weight excluding hydrogens is 978 g/mol. The molecule has 1 N–H and O–H groups in total. The van der Waals surface area contributed by atoms with E-state index in [0.29, 0.717) is 39.7 Å². The first-order valence-corrected chi connectivity index (χ1v) is 22.9. The number of carbonyl (C=O) groups is 2. The quantitative estimate of drug-likeness (QED) is 0.0702. The van der Waals surface area contributed by atoms with Crippen LogP contribution in [0.2, 0.25) is 10.0 Å². The van der Waals surface area contributed by atoms with Crippen molar-refractivity contribution >= 4 is 58.7 Å². The summed E-state index contributed by atoms with van der Waals surface area (Å²) in [4.78, 5) is 25.9. The highest BCUT2D eigenvalue weighted by Crippen LogP contribution is 2.40. The molecule has 0 saturated carbocycles. The number of aryl methyl sites for hydroxylation is 4. The molecule has 68 heavy (non-hydrogen) atoms. The van der Waals surface area contributed by atoms with Crippen LogP contribution in [0.3, 0.4) is 0 Å². The molecule has 0 bridgehead atoms. The third-order valence-electron chi connectivity index (χ3n) is 9.55. The maximum absolute atomic E-state index is 12.7. The topological polar surface area (TPSA) is 101 Å². The fourth-order valence-corrected chi connectivity index (χ4v) is 8.63. The van der Waals surface area contributed by atoms with E-state index in [0.717, 1.165) is 77.2 Å². The van der Waals surface area contributed by atoms with Crippen molar-refractivity contribution < 1.29 is 64.7 Å². The lowest BCUT2D eigenvalue weighted by molar-refractivity contribution is -0.145. The van der Waals surface area contributed by atoms with Gasteiger partial charge in [0.15, 0.2) is 13.2 Å². The molecule has 0 atom stereocenters. The molecule has 0 spiro atoms. The zero-order chi connectivity index (χ0) is 49.8. The normalized spacial score (nSPS) is 11.3. The second kappa shape index (κ2) is 24.0. The molecular formula is C50H44Cl2F6O8S2. The summed E-state index contributed by atoms with van der Waals surface area (Å²) in [6, 6.07) is 27.6. The van der Waals surface area contributed by atoms with Crippen LogP contribution < -0.4 is 18.9 Å². The van der Waals surface area contributed by atoms with Crippen LogP contribution in [0.5, 0.6) is 23.0 Å². The van der Waals surface area contributed by atoms with E-state index in [2.05, 4.69) is 0 Å². The molecule has 0 heterocycles. The summed E-state index contributed by atoms with van der Waals surface area (Å²) in [5.74, 6) is 0.331. The Morgan fingerprint density at radius 3 is 1.28 bits per heavy atom. The maximum Gasteiger partial charge on any atom is 0.416 e. The Kier molecular flexibility index (Phi) is 18.8. The van der Waals surface area contributed by atoms with Crippen LogP contribution in [-0.4, -0.2) is 36.9 Å². The Morgan fingerprint density at radius 1 is 0.529 bits per heavy atom. The highest BCUT2D eigenvalue weighted by Gasteiger charge is 2.31. The van der Waals surface area contributed by atoms with Gasteiger partial charge in [0.05, 0.1) is 27.8 Å². The van der Waals surface area contributed by atoms with Crippen LogP contribution in [0, 0.1) is 27.7 Å². The third-order valence-corrected chi connectivity index (χ3v) is 12.9. The first-order valence-electron chi connectivity index (χ1n) is 20.5. The van der Waals surface area contributed by atoms with Crippen molar-refractivity contribution in [1.82, 2.24) is 0 Å². The van der Waals surface area contributed by atoms with Gasteiger partial charge in [0.25, 0.3) is 0 Å². The fraction of sp³-hybridized carbons (Fsp3) is 0.240. The van der Waals surface area contributed by atoms with Crippen LogP contribution in [0.4, 0.5) is 26.3 Å². The monoisotopic (exact) mass is 1020 g/mol. The largest absolute Gasteiger partial charge is 0.489 e. The third kappa shape index (κ3) is 16.0. The van der Waals surface area contributed by atoms with E-state index in [1.165, 1.54) is 47.8 Å². The van der Waals surface area contributed by atoms with E-state index in [1.807, 2.05) is 70.2 Å². The number of halogens is 8. The summed E-state index contributed by atoms with van der Waals surface area (Å²) in [5, 5.41) is 9.83. The van der Waals surface area contributed by atoms with Crippen LogP contribution in [0.15, 0.2) is 129 Å². The first kappa shape index (κ1) is 53.3. The Bertz CT molecular complexity index is 2700. The molecule has 0 unspecified atom stereocenters. The van der Waals surface area contributed by atoms with Crippen molar-refractivity contribution in [2.24, 2.45) is 0 Å². The molecule has 0 aliphatic heterocycles. The Balaban J connectivity index is 0.000000255. The van der Waals surface area contributed by atoms with Gasteiger partial charge in [-0.05, 0) is 165 Å². The number of carboxylic acids is 1. The smallest absolute Gasteiger partial charge is 0.416 e. The van der Waals surface area contributed by atoms with Crippen molar-refractivity contribution in [3.8, 4) is 23.0 Å². The zero-order valence-corrected chi connectivity index (χ0v) is 40.2. The van der Waals surface area contributed by atoms with Gasteiger partial charge < -0.3 is 28.8 Å². The van der Waals surface area contributed by atoms with E-state index in [1.54, 1.807) is 25.1 Å². The number of aliphatic carboxylic acids is 1. The second-order valence-electron chi connectivity index (χ2n) is 14.9. The molecule has 6 rings (SSSR count). The van der Waals surface area contributed by atoms with Gasteiger partial charge in [-0.1, -0.05) is 58.9 Å². The molecule has 0 aliphatic rings. The van der Waals surface area contributed by atoms with Gasteiger partial charge in [0, 0.05) is 19.6 Å². The number of alkyl halides is 6. The lowest BCUT2D eigenvalue weighted by atomic mass is 10.1. The standard InChI is InChI=1S/C26H24ClF3O4S.C24H20ClF3O4S/c1-4-32-25(31)15-34-22-11-17(3)24(12-16(22)2)35-23-10-5-18(13-21(23)27)14-33-20-8-6-19(7-9-20)26(28,29)30;1-14-10-22(15(2)9-20(14)32-13-23(29)30)33-21-8-3-16(11-19(21)25)12-31-18-6-4-17(5-7-18)24(26,27)28/h5-13H,4,14-15H2,1-3H3;3-11H,12-13H2,1-2H3,(H,29,30). The summed E-state index contributed by atoms with van der Waals surface area (Å²) in [6.45, 7) is 9.38. The lowest BCUT2D eigenvalue weighted by Gasteiger charge is -2.14. The summed E-state index contributed by atoms with van der Waals surface area (Å²) in [5.41, 5.74) is 3.67. The Morgan fingerprint density at radius 2 is 0.926 bits per heavy atom. The number of rotatable bonds is 17. The van der Waals surface area contributed by atoms with Crippen molar-refractivity contribution in [3.05, 3.63) is 164 Å². The number of hydrogen-bond acceptors (Lipinski definition) is 9. The molecule has 0 fully saturated rings. The minimum atomic E-state index is -4.39. The summed E-state index contributed by atoms with van der Waals surface area (Å²) in [7, 11) is 0. The highest BCUT2D eigenvalue weighted by molar-refractivity contribution is 7.99. The van der Waals surface area contributed by atoms with Crippen molar-refractivity contribution in [1.29, 1.82) is 0 Å². The van der Waals surface area contributed by atoms with Gasteiger partial charge in [-0.3, -0.25) is 0 Å². The molecule has 0 aliphatic carbocycles. The Labute approximate surface area is 407 Å². The number of benzene rings is 6. The number of esters is 1. The average Bonchev–Trinajstić information content (AvgIpc) is 3.27. The number of carbonyl (C=O) groups excluding carboxylic acids is 1.